The van der Waals surface area contributed by atoms with Crippen LogP contribution in [0.3, 0.4) is 0 Å². The van der Waals surface area contributed by atoms with E-state index in [-0.39, 0.29) is 17.6 Å². The van der Waals surface area contributed by atoms with Gasteiger partial charge in [-0.1, -0.05) is 20.8 Å². The summed E-state index contributed by atoms with van der Waals surface area (Å²) in [5.74, 6) is 0.953. The molecule has 2 heterocycles. The molecule has 0 saturated carbocycles. The maximum atomic E-state index is 9.53. The highest BCUT2D eigenvalue weighted by atomic mass is 16.5. The van der Waals surface area contributed by atoms with Crippen LogP contribution < -0.4 is 4.90 Å². The minimum Gasteiger partial charge on any atom is -0.392 e. The summed E-state index contributed by atoms with van der Waals surface area (Å²) in [5, 5.41) is 9.53. The lowest BCUT2D eigenvalue weighted by Gasteiger charge is -2.40. The first-order valence-corrected chi connectivity index (χ1v) is 7.70. The number of hydrogen-bond donors (Lipinski definition) is 1. The molecular weight excluding hydrogens is 264 g/mol. The largest absolute Gasteiger partial charge is 0.392 e. The van der Waals surface area contributed by atoms with E-state index in [1.807, 2.05) is 12.1 Å². The highest BCUT2D eigenvalue weighted by Gasteiger charge is 2.32. The number of aromatic nitrogens is 1. The summed E-state index contributed by atoms with van der Waals surface area (Å²) in [4.78, 5) is 7.11. The number of pyridine rings is 1. The maximum Gasteiger partial charge on any atom is 0.129 e. The first-order valence-electron chi connectivity index (χ1n) is 7.70. The lowest BCUT2D eigenvalue weighted by Crippen LogP contribution is -2.47. The van der Waals surface area contributed by atoms with Crippen molar-refractivity contribution in [2.75, 3.05) is 25.1 Å². The van der Waals surface area contributed by atoms with Crippen molar-refractivity contribution >= 4 is 5.82 Å². The van der Waals surface area contributed by atoms with Gasteiger partial charge in [-0.15, -0.1) is 0 Å². The second kappa shape index (κ2) is 5.93. The van der Waals surface area contributed by atoms with Crippen LogP contribution in [0.2, 0.25) is 0 Å². The average molecular weight is 292 g/mol. The van der Waals surface area contributed by atoms with E-state index in [1.165, 1.54) is 0 Å². The van der Waals surface area contributed by atoms with Gasteiger partial charge in [-0.05, 0) is 37.5 Å². The number of rotatable bonds is 3. The van der Waals surface area contributed by atoms with E-state index >= 15 is 0 Å². The Morgan fingerprint density at radius 2 is 2.10 bits per heavy atom. The topological polar surface area (TPSA) is 45.6 Å². The Hall–Kier alpha value is -1.13. The molecule has 1 unspecified atom stereocenters. The molecule has 21 heavy (non-hydrogen) atoms. The van der Waals surface area contributed by atoms with Gasteiger partial charge in [0.05, 0.1) is 12.2 Å². The summed E-state index contributed by atoms with van der Waals surface area (Å²) in [6.07, 6.45) is 2.17. The van der Waals surface area contributed by atoms with Crippen LogP contribution >= 0.6 is 0 Å². The fraction of sp³-hybridized carbons (Fsp3) is 0.706. The van der Waals surface area contributed by atoms with Crippen LogP contribution in [-0.4, -0.2) is 35.9 Å². The highest BCUT2D eigenvalue weighted by Crippen LogP contribution is 2.30. The first-order chi connectivity index (χ1) is 9.77. The van der Waals surface area contributed by atoms with Crippen molar-refractivity contribution in [3.05, 3.63) is 23.4 Å². The summed E-state index contributed by atoms with van der Waals surface area (Å²) >= 11 is 0. The molecule has 4 heteroatoms. The first kappa shape index (κ1) is 16.2. The van der Waals surface area contributed by atoms with E-state index in [2.05, 4.69) is 32.6 Å². The summed E-state index contributed by atoms with van der Waals surface area (Å²) in [6, 6.07) is 4.00. The number of anilines is 1. The Bertz CT molecular complexity index is 496. The molecular formula is C17H28N2O2. The van der Waals surface area contributed by atoms with Gasteiger partial charge in [0.15, 0.2) is 0 Å². The number of nitrogens with zero attached hydrogens (tertiary/aromatic N) is 2. The Morgan fingerprint density at radius 3 is 2.67 bits per heavy atom. The monoisotopic (exact) mass is 292 g/mol. The van der Waals surface area contributed by atoms with E-state index in [9.17, 15) is 5.11 Å². The number of hydrogen-bond acceptors (Lipinski definition) is 4. The van der Waals surface area contributed by atoms with Crippen LogP contribution in [0.25, 0.3) is 0 Å². The number of piperidine rings is 1. The van der Waals surface area contributed by atoms with Crippen molar-refractivity contribution in [3.63, 3.8) is 0 Å². The fourth-order valence-electron chi connectivity index (χ4n) is 2.78. The van der Waals surface area contributed by atoms with Gasteiger partial charge >= 0.3 is 0 Å². The molecule has 0 radical (unpaired) electrons. The van der Waals surface area contributed by atoms with Crippen LogP contribution in [0.5, 0.6) is 0 Å². The molecule has 1 aliphatic rings. The molecule has 0 bridgehead atoms. The van der Waals surface area contributed by atoms with Crippen LogP contribution in [0.15, 0.2) is 12.1 Å². The number of methoxy groups -OCH3 is 1. The van der Waals surface area contributed by atoms with Crippen molar-refractivity contribution in [2.45, 2.75) is 58.2 Å². The quantitative estimate of drug-likeness (QED) is 0.930. The van der Waals surface area contributed by atoms with E-state index < -0.39 is 0 Å². The number of aliphatic hydroxyl groups is 1. The van der Waals surface area contributed by atoms with Crippen molar-refractivity contribution in [3.8, 4) is 0 Å². The third-order valence-electron chi connectivity index (χ3n) is 4.30. The molecule has 118 valence electrons. The molecule has 4 nitrogen and oxygen atoms in total. The molecule has 1 atom stereocenters. The number of ether oxygens (including phenoxy) is 1. The molecule has 1 aliphatic heterocycles. The van der Waals surface area contributed by atoms with Gasteiger partial charge in [0, 0.05) is 31.3 Å². The van der Waals surface area contributed by atoms with Gasteiger partial charge in [0.25, 0.3) is 0 Å². The normalized spacial score (nSPS) is 23.4. The molecule has 1 aromatic heterocycles. The van der Waals surface area contributed by atoms with Gasteiger partial charge in [-0.3, -0.25) is 0 Å². The van der Waals surface area contributed by atoms with Crippen LogP contribution in [0, 0.1) is 0 Å². The predicted octanol–water partition coefficient (Wildman–Crippen LogP) is 2.88. The van der Waals surface area contributed by atoms with Crippen molar-refractivity contribution < 1.29 is 9.84 Å². The van der Waals surface area contributed by atoms with E-state index in [4.69, 9.17) is 9.72 Å². The second-order valence-corrected chi connectivity index (χ2v) is 7.31. The van der Waals surface area contributed by atoms with Gasteiger partial charge in [0.2, 0.25) is 0 Å². The van der Waals surface area contributed by atoms with Gasteiger partial charge in [0.1, 0.15) is 5.82 Å². The molecule has 1 N–H and O–H groups in total. The summed E-state index contributed by atoms with van der Waals surface area (Å²) in [7, 11) is 1.78. The number of aliphatic hydroxyl groups excluding tert-OH is 1. The van der Waals surface area contributed by atoms with Crippen LogP contribution in [0.1, 0.15) is 51.8 Å². The van der Waals surface area contributed by atoms with E-state index in [0.717, 1.165) is 43.0 Å². The van der Waals surface area contributed by atoms with Gasteiger partial charge in [-0.2, -0.15) is 0 Å². The third kappa shape index (κ3) is 3.74. The van der Waals surface area contributed by atoms with Gasteiger partial charge < -0.3 is 14.7 Å². The molecule has 0 aliphatic carbocycles. The lowest BCUT2D eigenvalue weighted by atomic mass is 9.90. The Labute approximate surface area is 128 Å². The molecule has 1 fully saturated rings. The van der Waals surface area contributed by atoms with Crippen LogP contribution in [0.4, 0.5) is 5.82 Å². The predicted molar refractivity (Wildman–Crippen MR) is 85.7 cm³/mol. The van der Waals surface area contributed by atoms with Crippen molar-refractivity contribution in [2.24, 2.45) is 0 Å². The van der Waals surface area contributed by atoms with E-state index in [0.29, 0.717) is 0 Å². The second-order valence-electron chi connectivity index (χ2n) is 7.31. The highest BCUT2D eigenvalue weighted by molar-refractivity contribution is 5.44. The molecule has 0 spiro atoms. The minimum absolute atomic E-state index is 0.0275. The third-order valence-corrected chi connectivity index (χ3v) is 4.30. The fourth-order valence-corrected chi connectivity index (χ4v) is 2.78. The average Bonchev–Trinajstić information content (AvgIpc) is 2.46. The zero-order valence-corrected chi connectivity index (χ0v) is 13.9. The Morgan fingerprint density at radius 1 is 1.38 bits per heavy atom. The SMILES string of the molecule is COC1(C)CCCN(c2cc(CO)cc(C(C)(C)C)n2)C1. The van der Waals surface area contributed by atoms with Crippen molar-refractivity contribution in [1.82, 2.24) is 4.98 Å². The molecule has 2 rings (SSSR count). The smallest absolute Gasteiger partial charge is 0.129 e. The van der Waals surface area contributed by atoms with Crippen molar-refractivity contribution in [1.29, 1.82) is 0 Å². The maximum absolute atomic E-state index is 9.53. The summed E-state index contributed by atoms with van der Waals surface area (Å²) in [5.41, 5.74) is 1.81. The Balaban J connectivity index is 2.34. The zero-order chi connectivity index (χ0) is 15.7. The Kier molecular flexibility index (Phi) is 4.59. The van der Waals surface area contributed by atoms with Crippen LogP contribution in [-0.2, 0) is 16.8 Å². The molecule has 0 aromatic carbocycles. The summed E-state index contributed by atoms with van der Waals surface area (Å²) < 4.78 is 5.67. The molecule has 0 amide bonds. The molecule has 1 saturated heterocycles. The lowest BCUT2D eigenvalue weighted by molar-refractivity contribution is -0.00482. The van der Waals surface area contributed by atoms with Gasteiger partial charge in [-0.25, -0.2) is 4.98 Å². The summed E-state index contributed by atoms with van der Waals surface area (Å²) in [6.45, 7) is 10.5. The minimum atomic E-state index is -0.114. The van der Waals surface area contributed by atoms with E-state index in [1.54, 1.807) is 7.11 Å². The molecule has 1 aromatic rings. The standard InChI is InChI=1S/C17H28N2O2/c1-16(2,3)14-9-13(11-20)10-15(18-14)19-8-6-7-17(4,12-19)21-5/h9-10,20H,6-8,11-12H2,1-5H3. The zero-order valence-electron chi connectivity index (χ0n) is 13.9.